The fraction of sp³-hybridized carbons (Fsp3) is 0.805. The van der Waals surface area contributed by atoms with Gasteiger partial charge in [-0.1, -0.05) is 147 Å². The summed E-state index contributed by atoms with van der Waals surface area (Å²) in [6.07, 6.45) is 24.9. The van der Waals surface area contributed by atoms with Gasteiger partial charge in [0.1, 0.15) is 36.8 Å². The highest BCUT2D eigenvalue weighted by atomic mass is 32.2. The van der Waals surface area contributed by atoms with Gasteiger partial charge in [-0.15, -0.1) is 0 Å². The Morgan fingerprint density at radius 3 is 1.72 bits per heavy atom. The number of carbonyl (C=O) groups is 2. The van der Waals surface area contributed by atoms with E-state index in [4.69, 9.17) is 18.9 Å². The van der Waals surface area contributed by atoms with Crippen LogP contribution < -0.4 is 0 Å². The average molecular weight is 789 g/mol. The molecule has 0 saturated carbocycles. The molecular formula is C41H72O12S. The summed E-state index contributed by atoms with van der Waals surface area (Å²) in [5.74, 6) is -2.01. The molecule has 6 atom stereocenters. The van der Waals surface area contributed by atoms with E-state index in [1.54, 1.807) is 0 Å². The number of aliphatic hydroxyl groups excluding tert-OH is 3. The Morgan fingerprint density at radius 1 is 0.648 bits per heavy atom. The highest BCUT2D eigenvalue weighted by molar-refractivity contribution is 7.85. The van der Waals surface area contributed by atoms with Crippen LogP contribution in [0.25, 0.3) is 0 Å². The summed E-state index contributed by atoms with van der Waals surface area (Å²) < 4.78 is 53.9. The lowest BCUT2D eigenvalue weighted by Gasteiger charge is -2.40. The largest absolute Gasteiger partial charge is 0.462 e. The molecule has 0 radical (unpaired) electrons. The summed E-state index contributed by atoms with van der Waals surface area (Å²) in [4.78, 5) is 25.3. The second-order valence-corrected chi connectivity index (χ2v) is 15.8. The first-order valence-electron chi connectivity index (χ1n) is 20.6. The van der Waals surface area contributed by atoms with Crippen LogP contribution in [-0.2, 0) is 38.7 Å². The summed E-state index contributed by atoms with van der Waals surface area (Å²) in [5, 5.41) is 30.8. The monoisotopic (exact) mass is 788 g/mol. The molecule has 314 valence electrons. The molecule has 0 amide bonds. The predicted molar refractivity (Wildman–Crippen MR) is 210 cm³/mol. The van der Waals surface area contributed by atoms with Crippen LogP contribution in [0, 0.1) is 0 Å². The zero-order valence-electron chi connectivity index (χ0n) is 33.1. The van der Waals surface area contributed by atoms with Crippen molar-refractivity contribution in [3.8, 4) is 0 Å². The maximum Gasteiger partial charge on any atom is 0.306 e. The molecule has 1 saturated heterocycles. The van der Waals surface area contributed by atoms with Crippen LogP contribution in [0.15, 0.2) is 36.5 Å². The van der Waals surface area contributed by atoms with Crippen LogP contribution >= 0.6 is 0 Å². The molecule has 12 nitrogen and oxygen atoms in total. The van der Waals surface area contributed by atoms with Crippen LogP contribution in [0.1, 0.15) is 155 Å². The number of allylic oxidation sites excluding steroid dienone is 6. The first-order valence-corrected chi connectivity index (χ1v) is 22.2. The number of hydrogen-bond donors (Lipinski definition) is 4. The number of aliphatic hydroxyl groups is 3. The van der Waals surface area contributed by atoms with Gasteiger partial charge in [0.2, 0.25) is 0 Å². The van der Waals surface area contributed by atoms with E-state index in [0.29, 0.717) is 12.8 Å². The van der Waals surface area contributed by atoms with E-state index in [1.807, 2.05) is 24.3 Å². The van der Waals surface area contributed by atoms with Gasteiger partial charge in [-0.05, 0) is 32.1 Å². The van der Waals surface area contributed by atoms with Crippen LogP contribution in [-0.4, -0.2) is 96.0 Å². The molecule has 0 aromatic rings. The Hall–Kier alpha value is -2.13. The number of rotatable bonds is 33. The van der Waals surface area contributed by atoms with Gasteiger partial charge in [-0.2, -0.15) is 8.42 Å². The minimum atomic E-state index is -4.60. The van der Waals surface area contributed by atoms with E-state index >= 15 is 0 Å². The third-order valence-electron chi connectivity index (χ3n) is 9.30. The fourth-order valence-corrected chi connectivity index (χ4v) is 6.78. The Labute approximate surface area is 325 Å². The number of unbranched alkanes of at least 4 members (excludes halogenated alkanes) is 17. The zero-order chi connectivity index (χ0) is 39.9. The SMILES string of the molecule is CC/C=C/C=C/C=C/CCCCCCCC(=O)OC(COC(=O)CCCCCCCCCCCCCCC)CO[C@@H]1O[C@@H](CS(=O)(=O)O)[C@H](O)C(O)C1O. The molecule has 4 N–H and O–H groups in total. The van der Waals surface area contributed by atoms with E-state index in [0.717, 1.165) is 57.8 Å². The summed E-state index contributed by atoms with van der Waals surface area (Å²) in [6.45, 7) is 3.59. The van der Waals surface area contributed by atoms with Crippen molar-refractivity contribution in [1.82, 2.24) is 0 Å². The average Bonchev–Trinajstić information content (AvgIpc) is 3.13. The maximum absolute atomic E-state index is 12.7. The number of carbonyl (C=O) groups excluding carboxylic acids is 2. The van der Waals surface area contributed by atoms with Crippen LogP contribution in [0.5, 0.6) is 0 Å². The van der Waals surface area contributed by atoms with E-state index in [1.165, 1.54) is 57.8 Å². The van der Waals surface area contributed by atoms with Gasteiger partial charge >= 0.3 is 11.9 Å². The van der Waals surface area contributed by atoms with Gasteiger partial charge in [-0.3, -0.25) is 14.1 Å². The molecule has 1 heterocycles. The Bertz CT molecular complexity index is 1150. The third-order valence-corrected chi connectivity index (χ3v) is 10.0. The van der Waals surface area contributed by atoms with Crippen LogP contribution in [0.3, 0.4) is 0 Å². The Kier molecular flexibility index (Phi) is 29.6. The van der Waals surface area contributed by atoms with E-state index < -0.39 is 71.2 Å². The lowest BCUT2D eigenvalue weighted by molar-refractivity contribution is -0.297. The molecule has 13 heteroatoms. The van der Waals surface area contributed by atoms with Crippen molar-refractivity contribution in [3.63, 3.8) is 0 Å². The van der Waals surface area contributed by atoms with E-state index in [-0.39, 0.29) is 19.4 Å². The predicted octanol–water partition coefficient (Wildman–Crippen LogP) is 7.44. The molecule has 3 unspecified atom stereocenters. The number of esters is 2. The standard InChI is InChI=1S/C41H72O12S/c1-3-5-7-9-11-13-15-17-19-21-23-25-27-29-36(42)50-31-34(32-51-41-40(46)39(45)38(44)35(53-41)33-54(47,48)49)52-37(43)30-28-26-24-22-20-18-16-14-12-10-8-6-4-2/h6,8,10,12,14,16,34-35,38-41,44-46H,3-5,7,9,11,13,15,17-33H2,1-2H3,(H,47,48,49)/b8-6+,12-10+,16-14+/t34?,35-,38-,39?,40?,41+/m0/s1. The second kappa shape index (κ2) is 32.0. The van der Waals surface area contributed by atoms with Gasteiger partial charge in [0.25, 0.3) is 10.1 Å². The van der Waals surface area contributed by atoms with Crippen molar-refractivity contribution in [3.05, 3.63) is 36.5 Å². The molecule has 1 fully saturated rings. The first kappa shape index (κ1) is 49.9. The maximum atomic E-state index is 12.7. The minimum absolute atomic E-state index is 0.142. The summed E-state index contributed by atoms with van der Waals surface area (Å²) >= 11 is 0. The molecule has 0 aromatic carbocycles. The molecule has 1 aliphatic heterocycles. The third kappa shape index (κ3) is 26.6. The molecular weight excluding hydrogens is 717 g/mol. The Balaban J connectivity index is 2.51. The molecule has 0 bridgehead atoms. The van der Waals surface area contributed by atoms with Gasteiger partial charge in [0.05, 0.1) is 6.61 Å². The zero-order valence-corrected chi connectivity index (χ0v) is 33.9. The van der Waals surface area contributed by atoms with Crippen molar-refractivity contribution in [1.29, 1.82) is 0 Å². The van der Waals surface area contributed by atoms with Gasteiger partial charge < -0.3 is 34.3 Å². The number of hydrogen-bond acceptors (Lipinski definition) is 11. The van der Waals surface area contributed by atoms with Gasteiger partial charge in [-0.25, -0.2) is 0 Å². The molecule has 54 heavy (non-hydrogen) atoms. The van der Waals surface area contributed by atoms with Crippen molar-refractivity contribution >= 4 is 22.1 Å². The van der Waals surface area contributed by atoms with E-state index in [9.17, 15) is 37.9 Å². The molecule has 0 aromatic heterocycles. The summed E-state index contributed by atoms with van der Waals surface area (Å²) in [7, 11) is -4.60. The second-order valence-electron chi connectivity index (χ2n) is 14.3. The van der Waals surface area contributed by atoms with Gasteiger partial charge in [0.15, 0.2) is 12.4 Å². The smallest absolute Gasteiger partial charge is 0.306 e. The lowest BCUT2D eigenvalue weighted by atomic mass is 10.00. The summed E-state index contributed by atoms with van der Waals surface area (Å²) in [6, 6.07) is 0. The summed E-state index contributed by atoms with van der Waals surface area (Å²) in [5.41, 5.74) is 0. The highest BCUT2D eigenvalue weighted by Gasteiger charge is 2.46. The molecule has 1 aliphatic rings. The normalized spacial score (nSPS) is 21.3. The highest BCUT2D eigenvalue weighted by Crippen LogP contribution is 2.24. The van der Waals surface area contributed by atoms with Crippen molar-refractivity contribution < 1.29 is 56.8 Å². The fourth-order valence-electron chi connectivity index (χ4n) is 6.09. The molecule has 0 spiro atoms. The van der Waals surface area contributed by atoms with Crippen LogP contribution in [0.2, 0.25) is 0 Å². The quantitative estimate of drug-likeness (QED) is 0.0223. The first-order chi connectivity index (χ1) is 26.0. The number of ether oxygens (including phenoxy) is 4. The Morgan fingerprint density at radius 2 is 1.17 bits per heavy atom. The van der Waals surface area contributed by atoms with Crippen molar-refractivity contribution in [2.75, 3.05) is 19.0 Å². The lowest BCUT2D eigenvalue weighted by Crippen LogP contribution is -2.60. The van der Waals surface area contributed by atoms with Crippen molar-refractivity contribution in [2.24, 2.45) is 0 Å². The molecule has 0 aliphatic carbocycles. The van der Waals surface area contributed by atoms with Crippen molar-refractivity contribution in [2.45, 2.75) is 192 Å². The topological polar surface area (TPSA) is 186 Å². The van der Waals surface area contributed by atoms with Crippen LogP contribution in [0.4, 0.5) is 0 Å². The van der Waals surface area contributed by atoms with E-state index in [2.05, 4.69) is 26.0 Å². The molecule has 1 rings (SSSR count). The van der Waals surface area contributed by atoms with Gasteiger partial charge in [0, 0.05) is 12.8 Å². The minimum Gasteiger partial charge on any atom is -0.462 e.